The average molecular weight is 252 g/mol. The number of aliphatic hydroxyl groups excluding tert-OH is 1. The summed E-state index contributed by atoms with van der Waals surface area (Å²) in [6.45, 7) is -0.182. The van der Waals surface area contributed by atoms with Crippen molar-refractivity contribution < 1.29 is 13.9 Å². The van der Waals surface area contributed by atoms with Gasteiger partial charge in [-0.15, -0.1) is 0 Å². The van der Waals surface area contributed by atoms with Gasteiger partial charge in [0, 0.05) is 9.79 Å². The highest BCUT2D eigenvalue weighted by Crippen LogP contribution is 2.30. The SMILES string of the molecule is OCc1ccc(Sc2ccc(F)cc2)c(F)c1. The summed E-state index contributed by atoms with van der Waals surface area (Å²) in [6.07, 6.45) is 0. The monoisotopic (exact) mass is 252 g/mol. The summed E-state index contributed by atoms with van der Waals surface area (Å²) in [5.41, 5.74) is 0.533. The summed E-state index contributed by atoms with van der Waals surface area (Å²) in [5, 5.41) is 8.86. The zero-order valence-corrected chi connectivity index (χ0v) is 9.68. The lowest BCUT2D eigenvalue weighted by atomic mass is 10.2. The Bertz CT molecular complexity index is 511. The number of halogens is 2. The summed E-state index contributed by atoms with van der Waals surface area (Å²) < 4.78 is 26.3. The van der Waals surface area contributed by atoms with Gasteiger partial charge in [-0.1, -0.05) is 17.8 Å². The quantitative estimate of drug-likeness (QED) is 0.900. The van der Waals surface area contributed by atoms with Crippen LogP contribution >= 0.6 is 11.8 Å². The molecular formula is C13H10F2OS. The van der Waals surface area contributed by atoms with Gasteiger partial charge in [0.2, 0.25) is 0 Å². The zero-order chi connectivity index (χ0) is 12.3. The van der Waals surface area contributed by atoms with E-state index in [1.165, 1.54) is 30.0 Å². The van der Waals surface area contributed by atoms with Gasteiger partial charge in [0.05, 0.1) is 6.61 Å². The molecule has 1 nitrogen and oxygen atoms in total. The Balaban J connectivity index is 2.21. The highest BCUT2D eigenvalue weighted by Gasteiger charge is 2.05. The number of aliphatic hydroxyl groups is 1. The Morgan fingerprint density at radius 2 is 1.71 bits per heavy atom. The summed E-state index contributed by atoms with van der Waals surface area (Å²) in [6, 6.07) is 10.4. The van der Waals surface area contributed by atoms with Crippen molar-refractivity contribution in [2.75, 3.05) is 0 Å². The predicted octanol–water partition coefficient (Wildman–Crippen LogP) is 3.61. The maximum Gasteiger partial charge on any atom is 0.137 e. The van der Waals surface area contributed by atoms with Gasteiger partial charge in [-0.2, -0.15) is 0 Å². The fourth-order valence-corrected chi connectivity index (χ4v) is 2.17. The van der Waals surface area contributed by atoms with E-state index in [-0.39, 0.29) is 18.2 Å². The molecule has 4 heteroatoms. The molecule has 0 radical (unpaired) electrons. The molecule has 0 unspecified atom stereocenters. The third-order valence-corrected chi connectivity index (χ3v) is 3.28. The van der Waals surface area contributed by atoms with Crippen molar-refractivity contribution in [3.05, 3.63) is 59.7 Å². The molecule has 0 heterocycles. The Morgan fingerprint density at radius 3 is 2.29 bits per heavy atom. The lowest BCUT2D eigenvalue weighted by Gasteiger charge is -2.04. The number of benzene rings is 2. The number of hydrogen-bond acceptors (Lipinski definition) is 2. The third-order valence-electron chi connectivity index (χ3n) is 2.22. The van der Waals surface area contributed by atoms with Crippen molar-refractivity contribution >= 4 is 11.8 Å². The second-order valence-electron chi connectivity index (χ2n) is 3.48. The zero-order valence-electron chi connectivity index (χ0n) is 8.86. The van der Waals surface area contributed by atoms with Gasteiger partial charge in [0.1, 0.15) is 11.6 Å². The minimum atomic E-state index is -0.383. The van der Waals surface area contributed by atoms with Crippen molar-refractivity contribution in [2.24, 2.45) is 0 Å². The first-order chi connectivity index (χ1) is 8.19. The molecule has 0 saturated carbocycles. The van der Waals surface area contributed by atoms with Gasteiger partial charge in [-0.25, -0.2) is 8.78 Å². The van der Waals surface area contributed by atoms with Crippen LogP contribution in [0.3, 0.4) is 0 Å². The molecule has 0 aliphatic carbocycles. The van der Waals surface area contributed by atoms with E-state index in [0.29, 0.717) is 10.5 Å². The molecule has 1 N–H and O–H groups in total. The van der Waals surface area contributed by atoms with Crippen LogP contribution in [0, 0.1) is 11.6 Å². The molecular weight excluding hydrogens is 242 g/mol. The topological polar surface area (TPSA) is 20.2 Å². The number of rotatable bonds is 3. The Labute approximate surface area is 102 Å². The summed E-state index contributed by atoms with van der Waals surface area (Å²) in [7, 11) is 0. The maximum absolute atomic E-state index is 13.6. The molecule has 0 aliphatic rings. The Hall–Kier alpha value is -1.39. The lowest BCUT2D eigenvalue weighted by molar-refractivity contribution is 0.281. The lowest BCUT2D eigenvalue weighted by Crippen LogP contribution is -1.87. The highest BCUT2D eigenvalue weighted by molar-refractivity contribution is 7.99. The molecule has 2 rings (SSSR count). The summed E-state index contributed by atoms with van der Waals surface area (Å²) in [5.74, 6) is -0.698. The second-order valence-corrected chi connectivity index (χ2v) is 4.59. The smallest absolute Gasteiger partial charge is 0.137 e. The van der Waals surface area contributed by atoms with Gasteiger partial charge < -0.3 is 5.11 Å². The molecule has 0 aromatic heterocycles. The first kappa shape index (κ1) is 12.1. The fraction of sp³-hybridized carbons (Fsp3) is 0.0769. The van der Waals surface area contributed by atoms with Crippen LogP contribution in [0.25, 0.3) is 0 Å². The van der Waals surface area contributed by atoms with Crippen LogP contribution in [0.1, 0.15) is 5.56 Å². The molecule has 0 fully saturated rings. The molecule has 0 spiro atoms. The third kappa shape index (κ3) is 3.05. The van der Waals surface area contributed by atoms with Crippen molar-refractivity contribution in [1.82, 2.24) is 0 Å². The van der Waals surface area contributed by atoms with Crippen molar-refractivity contribution in [1.29, 1.82) is 0 Å². The Kier molecular flexibility index (Phi) is 3.76. The average Bonchev–Trinajstić information content (AvgIpc) is 2.34. The van der Waals surface area contributed by atoms with Crippen molar-refractivity contribution in [3.8, 4) is 0 Å². The fourth-order valence-electron chi connectivity index (χ4n) is 1.36. The van der Waals surface area contributed by atoms with E-state index in [1.54, 1.807) is 24.3 Å². The minimum absolute atomic E-state index is 0.182. The van der Waals surface area contributed by atoms with Crippen LogP contribution in [-0.4, -0.2) is 5.11 Å². The van der Waals surface area contributed by atoms with Crippen LogP contribution in [0.2, 0.25) is 0 Å². The predicted molar refractivity (Wildman–Crippen MR) is 62.8 cm³/mol. The molecule has 0 saturated heterocycles. The Morgan fingerprint density at radius 1 is 1.00 bits per heavy atom. The molecule has 17 heavy (non-hydrogen) atoms. The van der Waals surface area contributed by atoms with E-state index < -0.39 is 0 Å². The molecule has 0 bridgehead atoms. The van der Waals surface area contributed by atoms with Gasteiger partial charge >= 0.3 is 0 Å². The largest absolute Gasteiger partial charge is 0.392 e. The number of hydrogen-bond donors (Lipinski definition) is 1. The highest BCUT2D eigenvalue weighted by atomic mass is 32.2. The normalized spacial score (nSPS) is 10.5. The van der Waals surface area contributed by atoms with Crippen molar-refractivity contribution in [3.63, 3.8) is 0 Å². The van der Waals surface area contributed by atoms with E-state index in [9.17, 15) is 8.78 Å². The first-order valence-electron chi connectivity index (χ1n) is 5.02. The van der Waals surface area contributed by atoms with Crippen LogP contribution in [0.4, 0.5) is 8.78 Å². The van der Waals surface area contributed by atoms with E-state index in [2.05, 4.69) is 0 Å². The van der Waals surface area contributed by atoms with E-state index in [1.807, 2.05) is 0 Å². The van der Waals surface area contributed by atoms with E-state index >= 15 is 0 Å². The molecule has 2 aromatic carbocycles. The van der Waals surface area contributed by atoms with Crippen LogP contribution < -0.4 is 0 Å². The first-order valence-corrected chi connectivity index (χ1v) is 5.83. The van der Waals surface area contributed by atoms with Gasteiger partial charge in [-0.05, 0) is 42.0 Å². The molecule has 88 valence electrons. The van der Waals surface area contributed by atoms with Gasteiger partial charge in [0.25, 0.3) is 0 Å². The van der Waals surface area contributed by atoms with Gasteiger partial charge in [0.15, 0.2) is 0 Å². The summed E-state index contributed by atoms with van der Waals surface area (Å²) >= 11 is 1.22. The van der Waals surface area contributed by atoms with Crippen molar-refractivity contribution in [2.45, 2.75) is 16.4 Å². The molecule has 0 atom stereocenters. The van der Waals surface area contributed by atoms with Crippen LogP contribution in [0.5, 0.6) is 0 Å². The molecule has 2 aromatic rings. The van der Waals surface area contributed by atoms with Gasteiger partial charge in [-0.3, -0.25) is 0 Å². The maximum atomic E-state index is 13.6. The molecule has 0 amide bonds. The standard InChI is InChI=1S/C13H10F2OS/c14-10-2-4-11(5-3-10)17-13-6-1-9(8-16)7-12(13)15/h1-7,16H,8H2. The van der Waals surface area contributed by atoms with Crippen LogP contribution in [-0.2, 0) is 6.61 Å². The summed E-state index contributed by atoms with van der Waals surface area (Å²) in [4.78, 5) is 1.22. The minimum Gasteiger partial charge on any atom is -0.392 e. The molecule has 0 aliphatic heterocycles. The van der Waals surface area contributed by atoms with Crippen LogP contribution in [0.15, 0.2) is 52.3 Å². The van der Waals surface area contributed by atoms with E-state index in [4.69, 9.17) is 5.11 Å². The second kappa shape index (κ2) is 5.29. The van der Waals surface area contributed by atoms with E-state index in [0.717, 1.165) is 4.90 Å².